The highest BCUT2D eigenvalue weighted by Gasteiger charge is 2.34. The van der Waals surface area contributed by atoms with E-state index in [9.17, 15) is 4.39 Å². The summed E-state index contributed by atoms with van der Waals surface area (Å²) in [4.78, 5) is 2.47. The predicted molar refractivity (Wildman–Crippen MR) is 78.2 cm³/mol. The van der Waals surface area contributed by atoms with Gasteiger partial charge in [0, 0.05) is 37.8 Å². The first-order valence-corrected chi connectivity index (χ1v) is 7.05. The Morgan fingerprint density at radius 2 is 1.84 bits per heavy atom. The van der Waals surface area contributed by atoms with E-state index in [-0.39, 0.29) is 18.2 Å². The number of benzene rings is 1. The largest absolute Gasteiger partial charge is 0.314 e. The van der Waals surface area contributed by atoms with Crippen LogP contribution in [0.4, 0.5) is 4.39 Å². The van der Waals surface area contributed by atoms with Crippen LogP contribution in [0.3, 0.4) is 0 Å². The van der Waals surface area contributed by atoms with E-state index in [1.807, 2.05) is 12.1 Å². The summed E-state index contributed by atoms with van der Waals surface area (Å²) in [6.07, 6.45) is 3.81. The highest BCUT2D eigenvalue weighted by Crippen LogP contribution is 2.42. The number of hydrogen-bond acceptors (Lipinski definition) is 2. The molecule has 3 rings (SSSR count). The second kappa shape index (κ2) is 6.69. The molecule has 4 heteroatoms. The lowest BCUT2D eigenvalue weighted by Crippen LogP contribution is -2.48. The minimum atomic E-state index is -0.0343. The van der Waals surface area contributed by atoms with Crippen molar-refractivity contribution in [1.29, 1.82) is 0 Å². The fourth-order valence-corrected chi connectivity index (χ4v) is 3.18. The fourth-order valence-electron chi connectivity index (χ4n) is 3.18. The average molecular weight is 285 g/mol. The van der Waals surface area contributed by atoms with E-state index in [2.05, 4.69) is 10.2 Å². The standard InChI is InChI=1S/C15H21FN2.ClH/c16-14-7-2-1-6-13(14)15(12-4-3-5-12)18-10-8-17-9-11-18;/h1-2,6-7,12,15,17H,3-5,8-11H2;1H/t15-;/m1./s1. The highest BCUT2D eigenvalue weighted by atomic mass is 35.5. The van der Waals surface area contributed by atoms with Gasteiger partial charge in [0.25, 0.3) is 0 Å². The SMILES string of the molecule is Cl.Fc1ccccc1[C@@H](C1CCC1)N1CCNCC1. The molecule has 0 aromatic heterocycles. The van der Waals surface area contributed by atoms with Crippen LogP contribution in [0.2, 0.25) is 0 Å². The molecular formula is C15H22ClFN2. The predicted octanol–water partition coefficient (Wildman–Crippen LogP) is 2.99. The van der Waals surface area contributed by atoms with Gasteiger partial charge in [-0.25, -0.2) is 4.39 Å². The van der Waals surface area contributed by atoms with E-state index in [1.54, 1.807) is 12.1 Å². The Labute approximate surface area is 120 Å². The van der Waals surface area contributed by atoms with Crippen LogP contribution in [0.25, 0.3) is 0 Å². The maximum Gasteiger partial charge on any atom is 0.127 e. The van der Waals surface area contributed by atoms with E-state index in [4.69, 9.17) is 0 Å². The lowest BCUT2D eigenvalue weighted by atomic mass is 9.76. The first kappa shape index (κ1) is 14.8. The molecule has 1 N–H and O–H groups in total. The summed E-state index contributed by atoms with van der Waals surface area (Å²) in [6.45, 7) is 4.13. The molecule has 0 spiro atoms. The molecule has 1 aliphatic heterocycles. The summed E-state index contributed by atoms with van der Waals surface area (Å²) >= 11 is 0. The third-order valence-corrected chi connectivity index (χ3v) is 4.37. The zero-order chi connectivity index (χ0) is 12.4. The molecule has 1 saturated heterocycles. The van der Waals surface area contributed by atoms with Crippen LogP contribution in [0.5, 0.6) is 0 Å². The first-order chi connectivity index (χ1) is 8.86. The lowest BCUT2D eigenvalue weighted by molar-refractivity contribution is 0.0812. The van der Waals surface area contributed by atoms with Crippen molar-refractivity contribution in [3.8, 4) is 0 Å². The lowest BCUT2D eigenvalue weighted by Gasteiger charge is -2.43. The van der Waals surface area contributed by atoms with Gasteiger partial charge >= 0.3 is 0 Å². The Morgan fingerprint density at radius 3 is 2.42 bits per heavy atom. The summed E-state index contributed by atoms with van der Waals surface area (Å²) in [5, 5.41) is 3.38. The topological polar surface area (TPSA) is 15.3 Å². The second-order valence-corrected chi connectivity index (χ2v) is 5.44. The molecule has 2 fully saturated rings. The summed E-state index contributed by atoms with van der Waals surface area (Å²) in [5.41, 5.74) is 0.907. The number of nitrogens with one attached hydrogen (secondary N) is 1. The van der Waals surface area contributed by atoms with Crippen LogP contribution in [-0.2, 0) is 0 Å². The van der Waals surface area contributed by atoms with Crippen molar-refractivity contribution in [2.45, 2.75) is 25.3 Å². The number of halogens is 2. The Kier molecular flexibility index (Phi) is 5.20. The first-order valence-electron chi connectivity index (χ1n) is 7.05. The Bertz CT molecular complexity index is 403. The van der Waals surface area contributed by atoms with E-state index in [1.165, 1.54) is 19.3 Å². The van der Waals surface area contributed by atoms with Gasteiger partial charge in [-0.15, -0.1) is 12.4 Å². The van der Waals surface area contributed by atoms with Crippen molar-refractivity contribution in [2.24, 2.45) is 5.92 Å². The molecule has 0 amide bonds. The van der Waals surface area contributed by atoms with Gasteiger partial charge < -0.3 is 5.32 Å². The van der Waals surface area contributed by atoms with Crippen molar-refractivity contribution in [2.75, 3.05) is 26.2 Å². The zero-order valence-electron chi connectivity index (χ0n) is 11.1. The van der Waals surface area contributed by atoms with Gasteiger partial charge in [-0.2, -0.15) is 0 Å². The second-order valence-electron chi connectivity index (χ2n) is 5.44. The van der Waals surface area contributed by atoms with Crippen molar-refractivity contribution < 1.29 is 4.39 Å². The van der Waals surface area contributed by atoms with Gasteiger partial charge in [-0.3, -0.25) is 4.90 Å². The smallest absolute Gasteiger partial charge is 0.127 e. The number of hydrogen-bond donors (Lipinski definition) is 1. The third-order valence-electron chi connectivity index (χ3n) is 4.37. The van der Waals surface area contributed by atoms with Crippen LogP contribution in [0, 0.1) is 11.7 Å². The number of piperazine rings is 1. The molecule has 1 saturated carbocycles. The van der Waals surface area contributed by atoms with Crippen molar-refractivity contribution in [1.82, 2.24) is 10.2 Å². The van der Waals surface area contributed by atoms with Gasteiger partial charge in [-0.1, -0.05) is 24.6 Å². The molecule has 0 bridgehead atoms. The van der Waals surface area contributed by atoms with E-state index in [0.717, 1.165) is 31.7 Å². The highest BCUT2D eigenvalue weighted by molar-refractivity contribution is 5.85. The van der Waals surface area contributed by atoms with Gasteiger partial charge in [0.1, 0.15) is 5.82 Å². The normalized spacial score (nSPS) is 22.4. The van der Waals surface area contributed by atoms with Crippen LogP contribution in [0.15, 0.2) is 24.3 Å². The fraction of sp³-hybridized carbons (Fsp3) is 0.600. The van der Waals surface area contributed by atoms with Crippen molar-refractivity contribution in [3.63, 3.8) is 0 Å². The molecule has 2 aliphatic rings. The van der Waals surface area contributed by atoms with Gasteiger partial charge in [0.15, 0.2) is 0 Å². The molecule has 1 aromatic rings. The Hall–Kier alpha value is -0.640. The Morgan fingerprint density at radius 1 is 1.16 bits per heavy atom. The molecule has 0 unspecified atom stereocenters. The van der Waals surface area contributed by atoms with Crippen molar-refractivity contribution in [3.05, 3.63) is 35.6 Å². The Balaban J connectivity index is 0.00000133. The third kappa shape index (κ3) is 3.10. The van der Waals surface area contributed by atoms with Crippen LogP contribution in [0.1, 0.15) is 30.9 Å². The zero-order valence-corrected chi connectivity index (χ0v) is 12.0. The summed E-state index contributed by atoms with van der Waals surface area (Å²) < 4.78 is 14.1. The van der Waals surface area contributed by atoms with Gasteiger partial charge in [0.2, 0.25) is 0 Å². The average Bonchev–Trinajstić information content (AvgIpc) is 2.36. The summed E-state index contributed by atoms with van der Waals surface area (Å²) in [7, 11) is 0. The molecule has 19 heavy (non-hydrogen) atoms. The van der Waals surface area contributed by atoms with E-state index >= 15 is 0 Å². The van der Waals surface area contributed by atoms with Gasteiger partial charge in [0.05, 0.1) is 0 Å². The maximum atomic E-state index is 14.1. The molecule has 1 aliphatic carbocycles. The van der Waals surface area contributed by atoms with Crippen molar-refractivity contribution >= 4 is 12.4 Å². The molecule has 1 atom stereocenters. The molecule has 106 valence electrons. The molecule has 1 aromatic carbocycles. The monoisotopic (exact) mass is 284 g/mol. The number of nitrogens with zero attached hydrogens (tertiary/aromatic N) is 1. The van der Waals surface area contributed by atoms with Crippen LogP contribution in [-0.4, -0.2) is 31.1 Å². The van der Waals surface area contributed by atoms with E-state index in [0.29, 0.717) is 12.0 Å². The van der Waals surface area contributed by atoms with Gasteiger partial charge in [-0.05, 0) is 24.8 Å². The minimum absolute atomic E-state index is 0. The van der Waals surface area contributed by atoms with Crippen LogP contribution >= 0.6 is 12.4 Å². The van der Waals surface area contributed by atoms with Crippen LogP contribution < -0.4 is 5.32 Å². The molecular weight excluding hydrogens is 263 g/mol. The quantitative estimate of drug-likeness (QED) is 0.918. The molecule has 1 heterocycles. The maximum absolute atomic E-state index is 14.1. The summed E-state index contributed by atoms with van der Waals surface area (Å²) in [6, 6.07) is 7.62. The minimum Gasteiger partial charge on any atom is -0.314 e. The molecule has 2 nitrogen and oxygen atoms in total. The number of rotatable bonds is 3. The summed E-state index contributed by atoms with van der Waals surface area (Å²) in [5.74, 6) is 0.618. The van der Waals surface area contributed by atoms with E-state index < -0.39 is 0 Å². The molecule has 0 radical (unpaired) electrons.